The van der Waals surface area contributed by atoms with Gasteiger partial charge in [-0.05, 0) is 43.4 Å². The van der Waals surface area contributed by atoms with Crippen LogP contribution in [0.5, 0.6) is 0 Å². The largest absolute Gasteiger partial charge is 0.294 e. The first kappa shape index (κ1) is 12.1. The van der Waals surface area contributed by atoms with Crippen LogP contribution in [0.15, 0.2) is 42.6 Å². The predicted molar refractivity (Wildman–Crippen MR) is 75.3 cm³/mol. The Morgan fingerprint density at radius 2 is 2.05 bits per heavy atom. The minimum Gasteiger partial charge on any atom is -0.294 e. The lowest BCUT2D eigenvalue weighted by Crippen LogP contribution is -2.25. The quantitative estimate of drug-likeness (QED) is 0.819. The minimum absolute atomic E-state index is 0.0866. The Hall–Kier alpha value is -1.96. The molecule has 2 nitrogen and oxygen atoms in total. The van der Waals surface area contributed by atoms with Crippen molar-refractivity contribution in [3.63, 3.8) is 0 Å². The summed E-state index contributed by atoms with van der Waals surface area (Å²) in [6.45, 7) is 2.06. The molecule has 1 aliphatic carbocycles. The maximum atomic E-state index is 12.5. The third-order valence-corrected chi connectivity index (χ3v) is 3.97. The first-order valence-corrected chi connectivity index (χ1v) is 6.78. The Kier molecular flexibility index (Phi) is 3.16. The fraction of sp³-hybridized carbons (Fsp3) is 0.294. The highest BCUT2D eigenvalue weighted by Gasteiger charge is 2.27. The number of Topliss-reactive ketones (excluding diaryl/α,β-unsaturated/α-hetero) is 1. The molecule has 0 saturated carbocycles. The van der Waals surface area contributed by atoms with Gasteiger partial charge in [-0.15, -0.1) is 0 Å². The Morgan fingerprint density at radius 1 is 1.21 bits per heavy atom. The van der Waals surface area contributed by atoms with Crippen LogP contribution in [0.25, 0.3) is 0 Å². The first-order valence-electron chi connectivity index (χ1n) is 6.78. The zero-order valence-electron chi connectivity index (χ0n) is 11.1. The van der Waals surface area contributed by atoms with Gasteiger partial charge >= 0.3 is 0 Å². The summed E-state index contributed by atoms with van der Waals surface area (Å²) in [5, 5.41) is 0. The summed E-state index contributed by atoms with van der Waals surface area (Å²) in [5.74, 6) is 0.371. The van der Waals surface area contributed by atoms with E-state index in [2.05, 4.69) is 24.0 Å². The van der Waals surface area contributed by atoms with Gasteiger partial charge in [0.15, 0.2) is 5.78 Å². The van der Waals surface area contributed by atoms with Crippen LogP contribution in [0.2, 0.25) is 0 Å². The zero-order chi connectivity index (χ0) is 13.2. The van der Waals surface area contributed by atoms with Crippen molar-refractivity contribution < 1.29 is 4.79 Å². The van der Waals surface area contributed by atoms with E-state index in [0.717, 1.165) is 30.5 Å². The Balaban J connectivity index is 1.85. The molecule has 0 saturated heterocycles. The molecular formula is C17H17NO. The predicted octanol–water partition coefficient (Wildman–Crippen LogP) is 3.38. The molecule has 19 heavy (non-hydrogen) atoms. The number of nitrogens with zero attached hydrogens (tertiary/aromatic N) is 1. The number of pyridine rings is 1. The molecule has 3 rings (SSSR count). The summed E-state index contributed by atoms with van der Waals surface area (Å²) < 4.78 is 0. The summed E-state index contributed by atoms with van der Waals surface area (Å²) in [7, 11) is 0. The van der Waals surface area contributed by atoms with Crippen molar-refractivity contribution in [2.75, 3.05) is 0 Å². The molecule has 1 unspecified atom stereocenters. The highest BCUT2D eigenvalue weighted by Crippen LogP contribution is 2.28. The summed E-state index contributed by atoms with van der Waals surface area (Å²) in [4.78, 5) is 16.9. The van der Waals surface area contributed by atoms with Crippen LogP contribution in [0.1, 0.15) is 33.6 Å². The van der Waals surface area contributed by atoms with Crippen LogP contribution in [-0.2, 0) is 12.8 Å². The lowest BCUT2D eigenvalue weighted by molar-refractivity contribution is 0.0900. The molecule has 0 amide bonds. The number of aryl methyl sites for hydroxylation is 2. The van der Waals surface area contributed by atoms with E-state index in [1.54, 1.807) is 0 Å². The maximum Gasteiger partial charge on any atom is 0.166 e. The van der Waals surface area contributed by atoms with Crippen LogP contribution in [0.3, 0.4) is 0 Å². The molecule has 0 spiro atoms. The molecule has 1 heterocycles. The normalized spacial score (nSPS) is 18.2. The zero-order valence-corrected chi connectivity index (χ0v) is 11.1. The van der Waals surface area contributed by atoms with E-state index >= 15 is 0 Å². The summed E-state index contributed by atoms with van der Waals surface area (Å²) in [5.41, 5.74) is 4.34. The van der Waals surface area contributed by atoms with Crippen LogP contribution in [0.4, 0.5) is 0 Å². The van der Waals surface area contributed by atoms with Gasteiger partial charge < -0.3 is 0 Å². The number of hydrogen-bond acceptors (Lipinski definition) is 2. The topological polar surface area (TPSA) is 30.0 Å². The van der Waals surface area contributed by atoms with E-state index in [1.165, 1.54) is 11.1 Å². The van der Waals surface area contributed by atoms with Crippen molar-refractivity contribution in [2.24, 2.45) is 5.92 Å². The van der Waals surface area contributed by atoms with Gasteiger partial charge in [0.05, 0.1) is 0 Å². The van der Waals surface area contributed by atoms with Gasteiger partial charge in [-0.2, -0.15) is 0 Å². The average molecular weight is 251 g/mol. The van der Waals surface area contributed by atoms with E-state index in [-0.39, 0.29) is 11.7 Å². The van der Waals surface area contributed by atoms with Gasteiger partial charge in [-0.3, -0.25) is 9.78 Å². The number of carbonyl (C=O) groups is 1. The Labute approximate surface area is 113 Å². The van der Waals surface area contributed by atoms with E-state index in [4.69, 9.17) is 0 Å². The molecule has 0 bridgehead atoms. The van der Waals surface area contributed by atoms with Crippen molar-refractivity contribution >= 4 is 5.78 Å². The van der Waals surface area contributed by atoms with E-state index in [1.807, 2.05) is 30.5 Å². The number of carbonyl (C=O) groups excluding carboxylic acids is 1. The second-order valence-corrected chi connectivity index (χ2v) is 5.23. The Bertz CT molecular complexity index is 618. The molecule has 0 radical (unpaired) electrons. The van der Waals surface area contributed by atoms with Crippen LogP contribution in [-0.4, -0.2) is 10.8 Å². The third kappa shape index (κ3) is 2.30. The highest BCUT2D eigenvalue weighted by atomic mass is 16.1. The summed E-state index contributed by atoms with van der Waals surface area (Å²) in [6.07, 6.45) is 4.51. The fourth-order valence-corrected chi connectivity index (χ4v) is 2.82. The van der Waals surface area contributed by atoms with Crippen molar-refractivity contribution in [2.45, 2.75) is 26.2 Å². The highest BCUT2D eigenvalue weighted by molar-refractivity contribution is 6.00. The number of benzene rings is 1. The second kappa shape index (κ2) is 4.96. The number of fused-ring (bicyclic) bond motifs is 1. The molecule has 1 aromatic carbocycles. The third-order valence-electron chi connectivity index (χ3n) is 3.97. The molecule has 1 atom stereocenters. The lowest BCUT2D eigenvalue weighted by Gasteiger charge is -2.23. The van der Waals surface area contributed by atoms with Crippen LogP contribution < -0.4 is 0 Å². The van der Waals surface area contributed by atoms with E-state index in [9.17, 15) is 4.79 Å². The van der Waals surface area contributed by atoms with Gasteiger partial charge in [0.2, 0.25) is 0 Å². The van der Waals surface area contributed by atoms with E-state index in [0.29, 0.717) is 0 Å². The van der Waals surface area contributed by atoms with Gasteiger partial charge in [0, 0.05) is 23.4 Å². The van der Waals surface area contributed by atoms with Crippen LogP contribution >= 0.6 is 0 Å². The molecular weight excluding hydrogens is 234 g/mol. The molecule has 96 valence electrons. The number of hydrogen-bond donors (Lipinski definition) is 0. The second-order valence-electron chi connectivity index (χ2n) is 5.23. The number of aromatic nitrogens is 1. The maximum absolute atomic E-state index is 12.5. The summed E-state index contributed by atoms with van der Waals surface area (Å²) >= 11 is 0. The number of rotatable bonds is 2. The Morgan fingerprint density at radius 3 is 2.89 bits per heavy atom. The first-order chi connectivity index (χ1) is 9.25. The van der Waals surface area contributed by atoms with E-state index < -0.39 is 0 Å². The molecule has 0 aliphatic heterocycles. The molecule has 2 heteroatoms. The van der Waals surface area contributed by atoms with Gasteiger partial charge in [-0.1, -0.05) is 30.3 Å². The average Bonchev–Trinajstić information content (AvgIpc) is 2.44. The van der Waals surface area contributed by atoms with Gasteiger partial charge in [0.25, 0.3) is 0 Å². The van der Waals surface area contributed by atoms with Gasteiger partial charge in [0.1, 0.15) is 0 Å². The van der Waals surface area contributed by atoms with Crippen molar-refractivity contribution in [3.05, 3.63) is 65.0 Å². The van der Waals surface area contributed by atoms with Crippen molar-refractivity contribution in [3.8, 4) is 0 Å². The molecule has 2 aromatic rings. The molecule has 1 aliphatic rings. The molecule has 0 fully saturated rings. The molecule has 0 N–H and O–H groups in total. The monoisotopic (exact) mass is 251 g/mol. The summed E-state index contributed by atoms with van der Waals surface area (Å²) in [6, 6.07) is 12.0. The SMILES string of the molecule is Cc1cccnc1CC1CCc2ccccc2C1=O. The minimum atomic E-state index is 0.0866. The fourth-order valence-electron chi connectivity index (χ4n) is 2.82. The van der Waals surface area contributed by atoms with Gasteiger partial charge in [-0.25, -0.2) is 0 Å². The molecule has 1 aromatic heterocycles. The van der Waals surface area contributed by atoms with Crippen molar-refractivity contribution in [1.82, 2.24) is 4.98 Å². The lowest BCUT2D eigenvalue weighted by atomic mass is 9.80. The standard InChI is InChI=1S/C17H17NO/c1-12-5-4-10-18-16(12)11-14-9-8-13-6-2-3-7-15(13)17(14)19/h2-7,10,14H,8-9,11H2,1H3. The van der Waals surface area contributed by atoms with Crippen molar-refractivity contribution in [1.29, 1.82) is 0 Å². The van der Waals surface area contributed by atoms with Crippen LogP contribution in [0, 0.1) is 12.8 Å². The number of ketones is 1. The smallest absolute Gasteiger partial charge is 0.166 e.